The van der Waals surface area contributed by atoms with Gasteiger partial charge in [-0.1, -0.05) is 15.9 Å². The van der Waals surface area contributed by atoms with Gasteiger partial charge < -0.3 is 10.4 Å². The smallest absolute Gasteiger partial charge is 0.0481 e. The summed E-state index contributed by atoms with van der Waals surface area (Å²) in [7, 11) is 0. The van der Waals surface area contributed by atoms with Crippen LogP contribution < -0.4 is 5.32 Å². The van der Waals surface area contributed by atoms with E-state index in [1.54, 1.807) is 0 Å². The first-order valence-electron chi connectivity index (χ1n) is 5.04. The zero-order valence-corrected chi connectivity index (χ0v) is 10.9. The summed E-state index contributed by atoms with van der Waals surface area (Å²) < 4.78 is 1.10. The van der Waals surface area contributed by atoms with Gasteiger partial charge in [0.2, 0.25) is 0 Å². The lowest BCUT2D eigenvalue weighted by molar-refractivity contribution is 0.284. The third-order valence-corrected chi connectivity index (χ3v) is 4.61. The first-order chi connectivity index (χ1) is 7.20. The molecule has 1 aliphatic heterocycles. The van der Waals surface area contributed by atoms with Crippen LogP contribution in [0.3, 0.4) is 0 Å². The molecule has 1 heterocycles. The van der Waals surface area contributed by atoms with Crippen molar-refractivity contribution in [3.05, 3.63) is 22.7 Å². The molecular formula is C11H14BrNOS. The van der Waals surface area contributed by atoms with Gasteiger partial charge >= 0.3 is 0 Å². The Morgan fingerprint density at radius 1 is 1.53 bits per heavy atom. The van der Waals surface area contributed by atoms with Crippen LogP contribution >= 0.6 is 27.7 Å². The fourth-order valence-corrected chi connectivity index (χ4v) is 3.54. The molecule has 0 fully saturated rings. The van der Waals surface area contributed by atoms with Crippen molar-refractivity contribution in [3.8, 4) is 0 Å². The summed E-state index contributed by atoms with van der Waals surface area (Å²) in [4.78, 5) is 1.26. The van der Waals surface area contributed by atoms with Gasteiger partial charge in [-0.2, -0.15) is 0 Å². The fraction of sp³-hybridized carbons (Fsp3) is 0.455. The summed E-state index contributed by atoms with van der Waals surface area (Å²) in [5.74, 6) is 0. The highest BCUT2D eigenvalue weighted by Gasteiger charge is 2.24. The molecule has 0 saturated carbocycles. The second-order valence-corrected chi connectivity index (χ2v) is 5.94. The zero-order chi connectivity index (χ0) is 10.8. The highest BCUT2D eigenvalue weighted by molar-refractivity contribution is 9.10. The van der Waals surface area contributed by atoms with Crippen molar-refractivity contribution in [2.75, 3.05) is 11.9 Å². The first-order valence-corrected chi connectivity index (χ1v) is 6.71. The average Bonchev–Trinajstić information content (AvgIpc) is 2.20. The molecule has 4 heteroatoms. The van der Waals surface area contributed by atoms with E-state index in [1.165, 1.54) is 10.6 Å². The molecule has 0 aliphatic carbocycles. The van der Waals surface area contributed by atoms with Crippen LogP contribution in [0.15, 0.2) is 27.6 Å². The number of anilines is 1. The Morgan fingerprint density at radius 3 is 3.07 bits per heavy atom. The van der Waals surface area contributed by atoms with Crippen LogP contribution in [0.1, 0.15) is 13.3 Å². The SMILES string of the molecule is CC1Nc2ccc(Br)cc2SC1CCO. The van der Waals surface area contributed by atoms with E-state index >= 15 is 0 Å². The maximum Gasteiger partial charge on any atom is 0.0481 e. The van der Waals surface area contributed by atoms with E-state index in [9.17, 15) is 0 Å². The highest BCUT2D eigenvalue weighted by Crippen LogP contribution is 2.40. The first kappa shape index (κ1) is 11.3. The lowest BCUT2D eigenvalue weighted by Gasteiger charge is -2.31. The minimum Gasteiger partial charge on any atom is -0.396 e. The van der Waals surface area contributed by atoms with Gasteiger partial charge in [-0.25, -0.2) is 0 Å². The fourth-order valence-electron chi connectivity index (χ4n) is 1.75. The van der Waals surface area contributed by atoms with Gasteiger partial charge in [0, 0.05) is 33.0 Å². The number of hydrogen-bond acceptors (Lipinski definition) is 3. The van der Waals surface area contributed by atoms with Gasteiger partial charge in [0.05, 0.1) is 0 Å². The maximum absolute atomic E-state index is 8.99. The number of halogens is 1. The molecule has 0 saturated heterocycles. The average molecular weight is 288 g/mol. The van der Waals surface area contributed by atoms with Gasteiger partial charge in [-0.3, -0.25) is 0 Å². The number of rotatable bonds is 2. The molecule has 2 N–H and O–H groups in total. The van der Waals surface area contributed by atoms with Gasteiger partial charge in [0.1, 0.15) is 0 Å². The molecule has 1 aromatic rings. The molecule has 1 aromatic carbocycles. The van der Waals surface area contributed by atoms with Crippen LogP contribution in [-0.2, 0) is 0 Å². The molecule has 0 amide bonds. The van der Waals surface area contributed by atoms with E-state index in [0.717, 1.165) is 10.9 Å². The van der Waals surface area contributed by atoms with Gasteiger partial charge in [0.25, 0.3) is 0 Å². The summed E-state index contributed by atoms with van der Waals surface area (Å²) in [6, 6.07) is 6.68. The molecule has 0 radical (unpaired) electrons. The maximum atomic E-state index is 8.99. The van der Waals surface area contributed by atoms with E-state index in [-0.39, 0.29) is 6.61 Å². The lowest BCUT2D eigenvalue weighted by Crippen LogP contribution is -2.32. The normalized spacial score (nSPS) is 24.5. The number of aliphatic hydroxyl groups is 1. The third-order valence-electron chi connectivity index (χ3n) is 2.58. The van der Waals surface area contributed by atoms with Crippen LogP contribution in [0.25, 0.3) is 0 Å². The second kappa shape index (κ2) is 4.76. The van der Waals surface area contributed by atoms with Crippen molar-refractivity contribution in [1.29, 1.82) is 0 Å². The van der Waals surface area contributed by atoms with Crippen LogP contribution in [0, 0.1) is 0 Å². The molecular weight excluding hydrogens is 274 g/mol. The molecule has 1 aliphatic rings. The molecule has 0 aromatic heterocycles. The number of thioether (sulfide) groups is 1. The molecule has 2 atom stereocenters. The summed E-state index contributed by atoms with van der Waals surface area (Å²) in [5.41, 5.74) is 1.20. The molecule has 15 heavy (non-hydrogen) atoms. The van der Waals surface area contributed by atoms with E-state index in [0.29, 0.717) is 11.3 Å². The van der Waals surface area contributed by atoms with Crippen molar-refractivity contribution in [2.24, 2.45) is 0 Å². The third kappa shape index (κ3) is 2.49. The van der Waals surface area contributed by atoms with Gasteiger partial charge in [-0.15, -0.1) is 11.8 Å². The topological polar surface area (TPSA) is 32.3 Å². The summed E-state index contributed by atoms with van der Waals surface area (Å²) in [6.07, 6.45) is 0.838. The largest absolute Gasteiger partial charge is 0.396 e. The molecule has 2 rings (SSSR count). The quantitative estimate of drug-likeness (QED) is 0.877. The Labute approximate surface area is 103 Å². The summed E-state index contributed by atoms with van der Waals surface area (Å²) in [5, 5.41) is 12.9. The Morgan fingerprint density at radius 2 is 2.33 bits per heavy atom. The van der Waals surface area contributed by atoms with Crippen LogP contribution in [0.2, 0.25) is 0 Å². The van der Waals surface area contributed by atoms with Crippen LogP contribution in [0.4, 0.5) is 5.69 Å². The van der Waals surface area contributed by atoms with Crippen LogP contribution in [-0.4, -0.2) is 23.0 Å². The minimum atomic E-state index is 0.257. The van der Waals surface area contributed by atoms with E-state index in [4.69, 9.17) is 5.11 Å². The minimum absolute atomic E-state index is 0.257. The number of aliphatic hydroxyl groups excluding tert-OH is 1. The summed E-state index contributed by atoms with van der Waals surface area (Å²) in [6.45, 7) is 2.42. The van der Waals surface area contributed by atoms with Crippen molar-refractivity contribution < 1.29 is 5.11 Å². The standard InChI is InChI=1S/C11H14BrNOS/c1-7-10(4-5-14)15-11-6-8(12)2-3-9(11)13-7/h2-3,6-7,10,13-14H,4-5H2,1H3. The van der Waals surface area contributed by atoms with Crippen molar-refractivity contribution in [1.82, 2.24) is 0 Å². The number of fused-ring (bicyclic) bond motifs is 1. The Balaban J connectivity index is 2.22. The van der Waals surface area contributed by atoms with E-state index < -0.39 is 0 Å². The van der Waals surface area contributed by atoms with E-state index in [1.807, 2.05) is 17.8 Å². The predicted molar refractivity (Wildman–Crippen MR) is 68.6 cm³/mol. The van der Waals surface area contributed by atoms with Crippen LogP contribution in [0.5, 0.6) is 0 Å². The Hall–Kier alpha value is -0.190. The van der Waals surface area contributed by atoms with Crippen molar-refractivity contribution >= 4 is 33.4 Å². The molecule has 2 unspecified atom stereocenters. The molecule has 2 nitrogen and oxygen atoms in total. The van der Waals surface area contributed by atoms with Gasteiger partial charge in [0.15, 0.2) is 0 Å². The molecule has 82 valence electrons. The highest BCUT2D eigenvalue weighted by atomic mass is 79.9. The zero-order valence-electron chi connectivity index (χ0n) is 8.53. The lowest BCUT2D eigenvalue weighted by atomic mass is 10.1. The number of nitrogens with one attached hydrogen (secondary N) is 1. The second-order valence-electron chi connectivity index (χ2n) is 3.74. The van der Waals surface area contributed by atoms with Crippen molar-refractivity contribution in [3.63, 3.8) is 0 Å². The Kier molecular flexibility index (Phi) is 3.59. The number of benzene rings is 1. The van der Waals surface area contributed by atoms with E-state index in [2.05, 4.69) is 40.3 Å². The number of hydrogen-bond donors (Lipinski definition) is 2. The molecule has 0 bridgehead atoms. The molecule has 0 spiro atoms. The Bertz CT molecular complexity index is 358. The monoisotopic (exact) mass is 287 g/mol. The summed E-state index contributed by atoms with van der Waals surface area (Å²) >= 11 is 5.33. The van der Waals surface area contributed by atoms with Crippen molar-refractivity contribution in [2.45, 2.75) is 29.5 Å². The van der Waals surface area contributed by atoms with Gasteiger partial charge in [-0.05, 0) is 31.5 Å². The predicted octanol–water partition coefficient (Wildman–Crippen LogP) is 3.11.